The molecule has 1 fully saturated rings. The summed E-state index contributed by atoms with van der Waals surface area (Å²) in [5.74, 6) is -0.862. The fourth-order valence-corrected chi connectivity index (χ4v) is 4.42. The number of rotatable bonds is 7. The number of nitrogens with zero attached hydrogens (tertiary/aromatic N) is 2. The smallest absolute Gasteiger partial charge is 0.410 e. The molecule has 1 saturated heterocycles. The lowest BCUT2D eigenvalue weighted by molar-refractivity contribution is -0.144. The van der Waals surface area contributed by atoms with Gasteiger partial charge in [-0.25, -0.2) is 4.79 Å². The molecule has 1 aromatic carbocycles. The topological polar surface area (TPSA) is 108 Å². The maximum atomic E-state index is 13.9. The van der Waals surface area contributed by atoms with E-state index in [4.69, 9.17) is 4.74 Å². The molecule has 0 aromatic heterocycles. The zero-order chi connectivity index (χ0) is 29.0. The van der Waals surface area contributed by atoms with Crippen LogP contribution < -0.4 is 10.6 Å². The third-order valence-corrected chi connectivity index (χ3v) is 6.80. The quantitative estimate of drug-likeness (QED) is 0.556. The van der Waals surface area contributed by atoms with Crippen molar-refractivity contribution in [1.29, 1.82) is 0 Å². The van der Waals surface area contributed by atoms with Gasteiger partial charge < -0.3 is 20.3 Å². The van der Waals surface area contributed by atoms with E-state index in [1.54, 1.807) is 32.6 Å². The van der Waals surface area contributed by atoms with E-state index in [0.29, 0.717) is 13.0 Å². The number of nitrogens with one attached hydrogen (secondary N) is 2. The van der Waals surface area contributed by atoms with Gasteiger partial charge >= 0.3 is 6.09 Å². The largest absolute Gasteiger partial charge is 0.444 e. The third kappa shape index (κ3) is 8.20. The van der Waals surface area contributed by atoms with Crippen molar-refractivity contribution in [2.24, 2.45) is 11.3 Å². The molecule has 4 amide bonds. The van der Waals surface area contributed by atoms with Crippen LogP contribution >= 0.6 is 0 Å². The van der Waals surface area contributed by atoms with Crippen LogP contribution in [0.3, 0.4) is 0 Å². The van der Waals surface area contributed by atoms with E-state index >= 15 is 0 Å². The lowest BCUT2D eigenvalue weighted by atomic mass is 9.85. The molecule has 0 bridgehead atoms. The summed E-state index contributed by atoms with van der Waals surface area (Å²) < 4.78 is 5.37. The molecular formula is C29H46N4O5. The summed E-state index contributed by atoms with van der Waals surface area (Å²) in [4.78, 5) is 55.7. The summed E-state index contributed by atoms with van der Waals surface area (Å²) in [6.07, 6.45) is -0.0850. The maximum absolute atomic E-state index is 13.9. The van der Waals surface area contributed by atoms with Gasteiger partial charge in [0.2, 0.25) is 17.7 Å². The number of amides is 4. The first kappa shape index (κ1) is 31.1. The van der Waals surface area contributed by atoms with Gasteiger partial charge in [0.05, 0.1) is 6.04 Å². The Morgan fingerprint density at radius 2 is 1.58 bits per heavy atom. The normalized spacial score (nSPS) is 20.2. The lowest BCUT2D eigenvalue weighted by Gasteiger charge is -2.37. The Morgan fingerprint density at radius 1 is 1.00 bits per heavy atom. The zero-order valence-electron chi connectivity index (χ0n) is 24.6. The van der Waals surface area contributed by atoms with Crippen LogP contribution in [0.1, 0.15) is 80.3 Å². The molecule has 212 valence electrons. The van der Waals surface area contributed by atoms with Gasteiger partial charge in [0, 0.05) is 13.6 Å². The van der Waals surface area contributed by atoms with E-state index in [-0.39, 0.29) is 23.8 Å². The Balaban J connectivity index is 2.19. The first-order chi connectivity index (χ1) is 17.4. The maximum Gasteiger partial charge on any atom is 0.410 e. The average molecular weight is 531 g/mol. The highest BCUT2D eigenvalue weighted by atomic mass is 16.6. The van der Waals surface area contributed by atoms with Gasteiger partial charge in [0.1, 0.15) is 23.7 Å². The van der Waals surface area contributed by atoms with Crippen molar-refractivity contribution >= 4 is 23.8 Å². The van der Waals surface area contributed by atoms with Crippen molar-refractivity contribution in [3.63, 3.8) is 0 Å². The van der Waals surface area contributed by atoms with Crippen LogP contribution in [-0.4, -0.2) is 70.9 Å². The first-order valence-corrected chi connectivity index (χ1v) is 13.3. The van der Waals surface area contributed by atoms with Crippen LogP contribution in [0.15, 0.2) is 30.3 Å². The van der Waals surface area contributed by atoms with Crippen LogP contribution in [-0.2, 0) is 19.1 Å². The molecule has 2 N–H and O–H groups in total. The van der Waals surface area contributed by atoms with Crippen LogP contribution in [0.2, 0.25) is 0 Å². The van der Waals surface area contributed by atoms with E-state index < -0.39 is 41.1 Å². The van der Waals surface area contributed by atoms with E-state index in [9.17, 15) is 19.2 Å². The van der Waals surface area contributed by atoms with E-state index in [1.807, 2.05) is 65.0 Å². The summed E-state index contributed by atoms with van der Waals surface area (Å²) >= 11 is 0. The number of carbonyl (C=O) groups excluding carboxylic acids is 4. The van der Waals surface area contributed by atoms with Crippen molar-refractivity contribution in [3.8, 4) is 0 Å². The van der Waals surface area contributed by atoms with E-state index in [1.165, 1.54) is 11.9 Å². The second kappa shape index (κ2) is 12.2. The van der Waals surface area contributed by atoms with Crippen LogP contribution in [0.25, 0.3) is 0 Å². The Kier molecular flexibility index (Phi) is 9.97. The van der Waals surface area contributed by atoms with Gasteiger partial charge in [-0.2, -0.15) is 0 Å². The van der Waals surface area contributed by atoms with Gasteiger partial charge in [-0.1, -0.05) is 58.0 Å². The highest BCUT2D eigenvalue weighted by Crippen LogP contribution is 2.29. The second-order valence-electron chi connectivity index (χ2n) is 12.6. The molecule has 38 heavy (non-hydrogen) atoms. The molecule has 2 rings (SSSR count). The number of likely N-dealkylation sites (tertiary alicyclic amines) is 1. The van der Waals surface area contributed by atoms with Crippen molar-refractivity contribution in [2.45, 2.75) is 98.5 Å². The molecule has 1 heterocycles. The van der Waals surface area contributed by atoms with Crippen LogP contribution in [0.5, 0.6) is 0 Å². The summed E-state index contributed by atoms with van der Waals surface area (Å²) in [5.41, 5.74) is -0.361. The highest BCUT2D eigenvalue weighted by Gasteiger charge is 2.44. The number of ether oxygens (including phenoxy) is 1. The standard InChI is InChI=1S/C29H46N4O5/c1-18-16-22(25(35)30-19(2)21-14-12-11-13-15-21)33(17-18)26(36)23(28(4,5)6)31-24(34)20(3)32(10)27(37)38-29(7,8)9/h11-15,18-20,22-23H,16-17H2,1-10H3,(H,30,35)(H,31,34)/t18-,19+,20-,22-,23+/m0/s1. The molecule has 0 spiro atoms. The lowest BCUT2D eigenvalue weighted by Crippen LogP contribution is -2.60. The zero-order valence-corrected chi connectivity index (χ0v) is 24.6. The minimum atomic E-state index is -0.892. The first-order valence-electron chi connectivity index (χ1n) is 13.3. The van der Waals surface area contributed by atoms with Crippen molar-refractivity contribution in [3.05, 3.63) is 35.9 Å². The third-order valence-electron chi connectivity index (χ3n) is 6.80. The molecule has 0 aliphatic carbocycles. The summed E-state index contributed by atoms with van der Waals surface area (Å²) in [6, 6.07) is 7.06. The Bertz CT molecular complexity index is 998. The molecule has 1 aromatic rings. The van der Waals surface area contributed by atoms with E-state index in [0.717, 1.165) is 5.56 Å². The number of hydrogen-bond acceptors (Lipinski definition) is 5. The molecule has 9 heteroatoms. The highest BCUT2D eigenvalue weighted by molar-refractivity contribution is 5.94. The fraction of sp³-hybridized carbons (Fsp3) is 0.655. The Labute approximate surface area is 227 Å². The molecule has 1 aliphatic heterocycles. The summed E-state index contributed by atoms with van der Waals surface area (Å²) in [7, 11) is 1.49. The molecule has 0 saturated carbocycles. The van der Waals surface area contributed by atoms with Gasteiger partial charge in [-0.05, 0) is 57.9 Å². The SMILES string of the molecule is C[C@H]1C[C@@H](C(=O)N[C@H](C)c2ccccc2)N(C(=O)[C@@H](NC(=O)[C@H](C)N(C)C(=O)OC(C)(C)C)C(C)(C)C)C1. The van der Waals surface area contributed by atoms with E-state index in [2.05, 4.69) is 10.6 Å². The van der Waals surface area contributed by atoms with Gasteiger partial charge in [-0.3, -0.25) is 19.3 Å². The predicted octanol–water partition coefficient (Wildman–Crippen LogP) is 3.89. The monoisotopic (exact) mass is 530 g/mol. The fourth-order valence-electron chi connectivity index (χ4n) is 4.42. The molecule has 9 nitrogen and oxygen atoms in total. The summed E-state index contributed by atoms with van der Waals surface area (Å²) in [5, 5.41) is 5.91. The van der Waals surface area contributed by atoms with Crippen LogP contribution in [0, 0.1) is 11.3 Å². The number of carbonyl (C=O) groups is 4. The van der Waals surface area contributed by atoms with Crippen molar-refractivity contribution in [2.75, 3.05) is 13.6 Å². The van der Waals surface area contributed by atoms with Crippen molar-refractivity contribution < 1.29 is 23.9 Å². The van der Waals surface area contributed by atoms with Crippen LogP contribution in [0.4, 0.5) is 4.79 Å². The second-order valence-corrected chi connectivity index (χ2v) is 12.6. The molecule has 1 aliphatic rings. The Morgan fingerprint density at radius 3 is 2.11 bits per heavy atom. The molecule has 0 radical (unpaired) electrons. The minimum absolute atomic E-state index is 0.135. The minimum Gasteiger partial charge on any atom is -0.444 e. The molecule has 0 unspecified atom stereocenters. The molecule has 5 atom stereocenters. The van der Waals surface area contributed by atoms with Crippen molar-refractivity contribution in [1.82, 2.24) is 20.4 Å². The Hall–Kier alpha value is -3.10. The van der Waals surface area contributed by atoms with Gasteiger partial charge in [0.25, 0.3) is 0 Å². The van der Waals surface area contributed by atoms with Gasteiger partial charge in [0.15, 0.2) is 0 Å². The summed E-state index contributed by atoms with van der Waals surface area (Å²) in [6.45, 7) is 16.8. The predicted molar refractivity (Wildman–Crippen MR) is 147 cm³/mol. The number of benzene rings is 1. The average Bonchev–Trinajstić information content (AvgIpc) is 3.21. The number of likely N-dealkylation sites (N-methyl/N-ethyl adjacent to an activating group) is 1. The molecular weight excluding hydrogens is 484 g/mol. The number of hydrogen-bond donors (Lipinski definition) is 2. The van der Waals surface area contributed by atoms with Gasteiger partial charge in [-0.15, -0.1) is 0 Å².